The highest BCUT2D eigenvalue weighted by molar-refractivity contribution is 9.10. The number of hydrogen-bond acceptors (Lipinski definition) is 14. The number of benzene rings is 8. The summed E-state index contributed by atoms with van der Waals surface area (Å²) in [5.74, 6) is 0.128. The number of amides is 5. The molecule has 39 heteroatoms. The van der Waals surface area contributed by atoms with Crippen LogP contribution < -0.4 is 26.6 Å². The lowest BCUT2D eigenvalue weighted by atomic mass is 10.1. The Bertz CT molecular complexity index is 8330. The fourth-order valence-electron chi connectivity index (χ4n) is 15.2. The zero-order chi connectivity index (χ0) is 102. The molecule has 0 aliphatic carbocycles. The number of rotatable bonds is 21. The summed E-state index contributed by atoms with van der Waals surface area (Å²) in [6.45, 7) is 0.849. The SMILES string of the molecule is CS(=O)(=O)c1cccc(CNC(=O)c2cccn3c(-c4ccc(F)cc4)ncc23)c1.O=C(NCc1ccc(Br)nc1)c1cccn2c(-c3ccc(F)cc3)ncc12.O=C(NCc1cccc(C(F)(F)F)c1)c1cccn2c(-c3ccc(Cl)c(Cl)c3)ncc12.O=C(NCc1cccc(C(F)(F)F)c1)c1cccn2c(-c3ccc(F)cc3)ncc12.O=C(NCc1ccnc(Br)c1)c1cccn2c(-c3ccc(F)cc3)ncc12. The van der Waals surface area contributed by atoms with Gasteiger partial charge in [0.1, 0.15) is 61.6 Å². The number of hydrogen-bond donors (Lipinski definition) is 5. The number of sulfone groups is 1. The Hall–Kier alpha value is -16.4. The molecule has 0 spiro atoms. The quantitative estimate of drug-likeness (QED) is 0.0330. The molecule has 145 heavy (non-hydrogen) atoms. The largest absolute Gasteiger partial charge is 0.416 e. The third-order valence-electron chi connectivity index (χ3n) is 22.3. The van der Waals surface area contributed by atoms with Gasteiger partial charge in [-0.2, -0.15) is 26.3 Å². The van der Waals surface area contributed by atoms with Gasteiger partial charge in [0, 0.05) is 110 Å². The molecule has 0 aliphatic heterocycles. The fraction of sp³-hybridized carbons (Fsp3) is 0.0755. The third-order valence-corrected chi connectivity index (χ3v) is 25.1. The number of pyridine rings is 7. The van der Waals surface area contributed by atoms with Gasteiger partial charge in [-0.25, -0.2) is 60.9 Å². The average Bonchev–Trinajstić information content (AvgIpc) is 1.66. The molecule has 0 saturated carbocycles. The van der Waals surface area contributed by atoms with Crippen molar-refractivity contribution < 1.29 is 76.3 Å². The van der Waals surface area contributed by atoms with Crippen LogP contribution in [-0.4, -0.2) is 101 Å². The van der Waals surface area contributed by atoms with Crippen molar-refractivity contribution in [2.24, 2.45) is 0 Å². The van der Waals surface area contributed by atoms with Crippen LogP contribution >= 0.6 is 55.1 Å². The van der Waals surface area contributed by atoms with Crippen LogP contribution in [0.25, 0.3) is 84.5 Å². The first-order valence-electron chi connectivity index (χ1n) is 43.7. The molecule has 730 valence electrons. The van der Waals surface area contributed by atoms with Crippen LogP contribution in [0.5, 0.6) is 0 Å². The number of imidazole rings is 5. The number of fused-ring (bicyclic) bond motifs is 5. The summed E-state index contributed by atoms with van der Waals surface area (Å²) in [7, 11) is -3.32. The summed E-state index contributed by atoms with van der Waals surface area (Å²) < 4.78 is 164. The molecule has 5 N–H and O–H groups in total. The Morgan fingerprint density at radius 2 is 0.600 bits per heavy atom. The number of aromatic nitrogens is 12. The summed E-state index contributed by atoms with van der Waals surface area (Å²) >= 11 is 18.7. The minimum Gasteiger partial charge on any atom is -0.348 e. The second-order valence-corrected chi connectivity index (χ2v) is 36.6. The van der Waals surface area contributed by atoms with Crippen LogP contribution in [0.1, 0.15) is 90.7 Å². The van der Waals surface area contributed by atoms with Crippen molar-refractivity contribution in [1.29, 1.82) is 0 Å². The standard InChI is InChI=1S/C22H14Cl2F3N3O.C22H15F4N3O.C22H18FN3O3S.2C20H14BrFN4O/c23-17-7-6-14(10-18(17)24)20-28-12-19-16(5-2-8-30(19)20)21(31)29-11-13-3-1-4-15(9-13)22(25,26)27;23-17-8-6-15(7-9-17)20-27-13-19-18(5-2-10-29(19)20)21(30)28-12-14-3-1-4-16(11-14)22(24,25)26;1-30(28,29)18-5-2-4-15(12-18)13-25-22(27)19-6-3-11-26-20(19)14-24-21(26)16-7-9-17(23)10-8-16;21-18-8-3-13(10-23-18)11-25-20(27)16-2-1-9-26-17(16)12-24-19(26)14-4-6-15(22)7-5-14;21-18-10-13(7-8-23-18)11-25-20(27)16-2-1-9-26-17(16)12-24-19(26)14-3-5-15(22)6-4-14/h1-10,12H,11H2,(H,29,31);1-11,13H,12H2,(H,28,30);2-12,14H,13H2,1H3,(H,25,27);2*1-10,12H,11H2,(H,25,27). The zero-order valence-corrected chi connectivity index (χ0v) is 80.9. The number of nitrogens with one attached hydrogen (secondary N) is 5. The van der Waals surface area contributed by atoms with E-state index in [0.29, 0.717) is 130 Å². The van der Waals surface area contributed by atoms with Gasteiger partial charge in [0.2, 0.25) is 0 Å². The van der Waals surface area contributed by atoms with E-state index in [0.717, 1.165) is 73.1 Å². The topological polar surface area (TPSA) is 292 Å². The minimum absolute atomic E-state index is 0.0441. The first kappa shape index (κ1) is 102. The highest BCUT2D eigenvalue weighted by Gasteiger charge is 2.32. The van der Waals surface area contributed by atoms with Crippen molar-refractivity contribution >= 4 is 122 Å². The molecule has 0 unspecified atom stereocenters. The normalized spacial score (nSPS) is 11.3. The lowest BCUT2D eigenvalue weighted by molar-refractivity contribution is -0.138. The summed E-state index contributed by atoms with van der Waals surface area (Å²) in [6, 6.07) is 69.7. The van der Waals surface area contributed by atoms with Gasteiger partial charge in [-0.3, -0.25) is 46.0 Å². The number of carbonyl (C=O) groups excluding carboxylic acids is 5. The summed E-state index contributed by atoms with van der Waals surface area (Å²) in [4.78, 5) is 93.9. The van der Waals surface area contributed by atoms with E-state index in [1.165, 1.54) is 85.1 Å². The minimum atomic E-state index is -4.44. The Morgan fingerprint density at radius 1 is 0.303 bits per heavy atom. The maximum atomic E-state index is 13.2. The molecule has 5 amide bonds. The van der Waals surface area contributed by atoms with Gasteiger partial charge in [0.15, 0.2) is 9.84 Å². The summed E-state index contributed by atoms with van der Waals surface area (Å²) in [5.41, 5.74) is 10.5. The maximum Gasteiger partial charge on any atom is 0.416 e. The van der Waals surface area contributed by atoms with Crippen molar-refractivity contribution in [2.45, 2.75) is 50.0 Å². The second kappa shape index (κ2) is 44.9. The molecular weight excluding hydrogens is 2080 g/mol. The van der Waals surface area contributed by atoms with Crippen molar-refractivity contribution in [3.63, 3.8) is 0 Å². The van der Waals surface area contributed by atoms with Gasteiger partial charge in [-0.05, 0) is 290 Å². The maximum absolute atomic E-state index is 13.2. The molecule has 0 fully saturated rings. The first-order chi connectivity index (χ1) is 69.6. The van der Waals surface area contributed by atoms with Crippen LogP contribution in [0.4, 0.5) is 43.9 Å². The Morgan fingerprint density at radius 3 is 0.897 bits per heavy atom. The molecule has 8 aromatic carbocycles. The smallest absolute Gasteiger partial charge is 0.348 e. The molecule has 0 saturated heterocycles. The molecular formula is C106H75Br2Cl2F10N17O7S. The van der Waals surface area contributed by atoms with Crippen molar-refractivity contribution in [3.8, 4) is 56.9 Å². The Balaban J connectivity index is 0.000000130. The van der Waals surface area contributed by atoms with Gasteiger partial charge in [-0.1, -0.05) is 65.7 Å². The number of carbonyl (C=O) groups is 5. The Kier molecular flexibility index (Phi) is 31.4. The molecule has 20 aromatic rings. The van der Waals surface area contributed by atoms with Crippen molar-refractivity contribution in [3.05, 3.63) is 457 Å². The van der Waals surface area contributed by atoms with Crippen LogP contribution in [0.3, 0.4) is 0 Å². The lowest BCUT2D eigenvalue weighted by Crippen LogP contribution is -2.23. The van der Waals surface area contributed by atoms with Gasteiger partial charge < -0.3 is 26.6 Å². The lowest BCUT2D eigenvalue weighted by Gasteiger charge is -2.10. The molecule has 0 atom stereocenters. The van der Waals surface area contributed by atoms with Gasteiger partial charge >= 0.3 is 12.4 Å². The Labute approximate surface area is 845 Å². The van der Waals surface area contributed by atoms with E-state index < -0.39 is 45.1 Å². The third kappa shape index (κ3) is 24.9. The van der Waals surface area contributed by atoms with Crippen LogP contribution in [-0.2, 0) is 54.9 Å². The zero-order valence-electron chi connectivity index (χ0n) is 75.4. The van der Waals surface area contributed by atoms with E-state index in [1.807, 2.05) is 45.5 Å². The highest BCUT2D eigenvalue weighted by atomic mass is 79.9. The molecule has 0 bridgehead atoms. The van der Waals surface area contributed by atoms with E-state index in [2.05, 4.69) is 93.3 Å². The molecule has 20 rings (SSSR count). The van der Waals surface area contributed by atoms with Crippen LogP contribution in [0, 0.1) is 23.3 Å². The molecule has 0 radical (unpaired) electrons. The van der Waals surface area contributed by atoms with Crippen LogP contribution in [0.2, 0.25) is 10.0 Å². The number of nitrogens with zero attached hydrogens (tertiary/aromatic N) is 12. The number of alkyl halides is 6. The van der Waals surface area contributed by atoms with Crippen molar-refractivity contribution in [2.75, 3.05) is 6.26 Å². The predicted octanol–water partition coefficient (Wildman–Crippen LogP) is 23.3. The van der Waals surface area contributed by atoms with Crippen LogP contribution in [0.15, 0.2) is 361 Å². The molecule has 0 aliphatic rings. The highest BCUT2D eigenvalue weighted by Crippen LogP contribution is 2.35. The predicted molar refractivity (Wildman–Crippen MR) is 535 cm³/mol. The summed E-state index contributed by atoms with van der Waals surface area (Å²) in [6.07, 6.45) is 12.5. The summed E-state index contributed by atoms with van der Waals surface area (Å²) in [5, 5.41) is 14.7. The molecule has 12 aromatic heterocycles. The van der Waals surface area contributed by atoms with E-state index in [1.54, 1.807) is 215 Å². The van der Waals surface area contributed by atoms with E-state index in [-0.39, 0.29) is 65.5 Å². The average molecular weight is 2150 g/mol. The molecule has 12 heterocycles. The second-order valence-electron chi connectivity index (χ2n) is 32.2. The van der Waals surface area contributed by atoms with E-state index in [9.17, 15) is 76.3 Å². The monoisotopic (exact) mass is 2150 g/mol. The fourth-order valence-corrected chi connectivity index (χ4v) is 16.9. The van der Waals surface area contributed by atoms with Gasteiger partial charge in [0.25, 0.3) is 29.5 Å². The van der Waals surface area contributed by atoms with E-state index in [4.69, 9.17) is 23.2 Å². The van der Waals surface area contributed by atoms with Gasteiger partial charge in [0.05, 0.1) is 112 Å². The first-order valence-corrected chi connectivity index (χ1v) is 47.9. The van der Waals surface area contributed by atoms with Crippen molar-refractivity contribution in [1.82, 2.24) is 83.5 Å². The van der Waals surface area contributed by atoms with E-state index >= 15 is 0 Å². The van der Waals surface area contributed by atoms with Gasteiger partial charge in [-0.15, -0.1) is 0 Å². The number of halogens is 14. The molecule has 24 nitrogen and oxygen atoms in total.